The zero-order valence-corrected chi connectivity index (χ0v) is 14.8. The van der Waals surface area contributed by atoms with E-state index in [0.717, 1.165) is 40.1 Å². The predicted molar refractivity (Wildman–Crippen MR) is 91.7 cm³/mol. The van der Waals surface area contributed by atoms with Gasteiger partial charge in [-0.2, -0.15) is 5.10 Å². The topological polar surface area (TPSA) is 43.8 Å². The minimum atomic E-state index is 0.350. The summed E-state index contributed by atoms with van der Waals surface area (Å²) in [4.78, 5) is 0. The molecule has 1 aromatic heterocycles. The van der Waals surface area contributed by atoms with E-state index in [1.165, 1.54) is 5.69 Å². The zero-order valence-electron chi connectivity index (χ0n) is 12.4. The summed E-state index contributed by atoms with van der Waals surface area (Å²) in [6, 6.07) is 7.98. The molecule has 2 N–H and O–H groups in total. The molecule has 1 heterocycles. The summed E-state index contributed by atoms with van der Waals surface area (Å²) in [5.41, 5.74) is 9.38. The van der Waals surface area contributed by atoms with Crippen LogP contribution in [0.4, 0.5) is 0 Å². The normalized spacial score (nSPS) is 12.6. The fourth-order valence-electron chi connectivity index (χ4n) is 2.55. The number of nitrogens with two attached hydrogens (primary N) is 1. The molecule has 2 rings (SSSR count). The van der Waals surface area contributed by atoms with Crippen LogP contribution in [0.15, 0.2) is 28.7 Å². The monoisotopic (exact) mass is 369 g/mol. The average molecular weight is 371 g/mol. The van der Waals surface area contributed by atoms with Gasteiger partial charge in [-0.1, -0.05) is 29.8 Å². The van der Waals surface area contributed by atoms with Gasteiger partial charge in [-0.3, -0.25) is 4.68 Å². The molecule has 1 unspecified atom stereocenters. The Balaban J connectivity index is 2.18. The maximum atomic E-state index is 6.25. The van der Waals surface area contributed by atoms with Crippen molar-refractivity contribution in [3.05, 3.63) is 50.7 Å². The molecule has 0 amide bonds. The molecule has 5 heteroatoms. The third-order valence-electron chi connectivity index (χ3n) is 3.73. The summed E-state index contributed by atoms with van der Waals surface area (Å²) < 4.78 is 3.15. The van der Waals surface area contributed by atoms with E-state index in [-0.39, 0.29) is 0 Å². The van der Waals surface area contributed by atoms with Gasteiger partial charge in [-0.25, -0.2) is 0 Å². The van der Waals surface area contributed by atoms with Gasteiger partial charge in [0.25, 0.3) is 0 Å². The first-order valence-corrected chi connectivity index (χ1v) is 8.39. The number of aromatic nitrogens is 2. The Morgan fingerprint density at radius 3 is 2.67 bits per heavy atom. The molecule has 1 aromatic carbocycles. The molecule has 0 fully saturated rings. The Morgan fingerprint density at radius 2 is 2.05 bits per heavy atom. The zero-order chi connectivity index (χ0) is 15.4. The maximum absolute atomic E-state index is 6.25. The summed E-state index contributed by atoms with van der Waals surface area (Å²) in [6.45, 7) is 5.62. The van der Waals surface area contributed by atoms with Crippen molar-refractivity contribution in [1.29, 1.82) is 0 Å². The van der Waals surface area contributed by atoms with E-state index in [1.54, 1.807) is 0 Å². The van der Waals surface area contributed by atoms with Gasteiger partial charge in [0.1, 0.15) is 0 Å². The number of nitrogens with zero attached hydrogens (tertiary/aromatic N) is 2. The molecule has 114 valence electrons. The lowest BCUT2D eigenvalue weighted by atomic mass is 9.94. The molecule has 0 spiro atoms. The number of hydrogen-bond acceptors (Lipinski definition) is 2. The highest BCUT2D eigenvalue weighted by molar-refractivity contribution is 9.10. The van der Waals surface area contributed by atoms with Gasteiger partial charge in [0.2, 0.25) is 0 Å². The van der Waals surface area contributed by atoms with E-state index in [4.69, 9.17) is 17.3 Å². The average Bonchev–Trinajstić information content (AvgIpc) is 2.76. The molecule has 2 aromatic rings. The van der Waals surface area contributed by atoms with Gasteiger partial charge < -0.3 is 5.73 Å². The van der Waals surface area contributed by atoms with Gasteiger partial charge >= 0.3 is 0 Å². The Hall–Kier alpha value is -0.840. The summed E-state index contributed by atoms with van der Waals surface area (Å²) in [5.74, 6) is 0.350. The van der Waals surface area contributed by atoms with Gasteiger partial charge in [-0.05, 0) is 66.7 Å². The number of halogens is 2. The van der Waals surface area contributed by atoms with E-state index in [9.17, 15) is 0 Å². The summed E-state index contributed by atoms with van der Waals surface area (Å²) in [7, 11) is 0. The first-order valence-electron chi connectivity index (χ1n) is 7.22. The van der Waals surface area contributed by atoms with E-state index in [1.807, 2.05) is 25.1 Å². The van der Waals surface area contributed by atoms with Gasteiger partial charge in [-0.15, -0.1) is 0 Å². The fraction of sp³-hybridized carbons (Fsp3) is 0.438. The molecule has 1 atom stereocenters. The van der Waals surface area contributed by atoms with Crippen molar-refractivity contribution >= 4 is 27.5 Å². The van der Waals surface area contributed by atoms with E-state index in [2.05, 4.69) is 38.7 Å². The Morgan fingerprint density at radius 1 is 1.33 bits per heavy atom. The van der Waals surface area contributed by atoms with Crippen molar-refractivity contribution < 1.29 is 0 Å². The van der Waals surface area contributed by atoms with Crippen molar-refractivity contribution in [3.63, 3.8) is 0 Å². The van der Waals surface area contributed by atoms with Crippen LogP contribution in [0, 0.1) is 12.8 Å². The van der Waals surface area contributed by atoms with Crippen LogP contribution in [0.2, 0.25) is 5.02 Å². The number of benzene rings is 1. The van der Waals surface area contributed by atoms with Crippen LogP contribution in [-0.4, -0.2) is 16.3 Å². The minimum absolute atomic E-state index is 0.350. The van der Waals surface area contributed by atoms with Gasteiger partial charge in [0.15, 0.2) is 0 Å². The standard InChI is InChI=1S/C16H21BrClN3/c1-3-21-15(16(17)11(2)20-21)9-12(10-19)8-13-6-4-5-7-14(13)18/h4-7,12H,3,8-10,19H2,1-2H3. The number of aryl methyl sites for hydroxylation is 2. The third-order valence-corrected chi connectivity index (χ3v) is 5.13. The van der Waals surface area contributed by atoms with Crippen molar-refractivity contribution in [2.45, 2.75) is 33.2 Å². The van der Waals surface area contributed by atoms with Gasteiger partial charge in [0, 0.05) is 11.6 Å². The highest BCUT2D eigenvalue weighted by Crippen LogP contribution is 2.26. The minimum Gasteiger partial charge on any atom is -0.330 e. The molecule has 0 radical (unpaired) electrons. The molecular formula is C16H21BrClN3. The van der Waals surface area contributed by atoms with Crippen LogP contribution < -0.4 is 5.73 Å². The van der Waals surface area contributed by atoms with Crippen LogP contribution in [0.1, 0.15) is 23.9 Å². The van der Waals surface area contributed by atoms with Crippen LogP contribution in [0.25, 0.3) is 0 Å². The largest absolute Gasteiger partial charge is 0.330 e. The van der Waals surface area contributed by atoms with Crippen LogP contribution >= 0.6 is 27.5 Å². The van der Waals surface area contributed by atoms with E-state index >= 15 is 0 Å². The summed E-state index contributed by atoms with van der Waals surface area (Å²) in [5, 5.41) is 5.36. The number of hydrogen-bond donors (Lipinski definition) is 1. The SMILES string of the molecule is CCn1nc(C)c(Br)c1CC(CN)Cc1ccccc1Cl. The third kappa shape index (κ3) is 3.87. The van der Waals surface area contributed by atoms with Crippen molar-refractivity contribution in [1.82, 2.24) is 9.78 Å². The maximum Gasteiger partial charge on any atom is 0.0738 e. The molecule has 21 heavy (non-hydrogen) atoms. The Labute approximate surface area is 139 Å². The lowest BCUT2D eigenvalue weighted by Crippen LogP contribution is -2.21. The van der Waals surface area contributed by atoms with E-state index in [0.29, 0.717) is 12.5 Å². The summed E-state index contributed by atoms with van der Waals surface area (Å²) >= 11 is 9.90. The highest BCUT2D eigenvalue weighted by Gasteiger charge is 2.18. The van der Waals surface area contributed by atoms with Crippen LogP contribution in [-0.2, 0) is 19.4 Å². The molecule has 0 aliphatic rings. The van der Waals surface area contributed by atoms with E-state index < -0.39 is 0 Å². The Kier molecular flexibility index (Phi) is 5.85. The molecule has 3 nitrogen and oxygen atoms in total. The molecule has 0 bridgehead atoms. The fourth-order valence-corrected chi connectivity index (χ4v) is 3.21. The lowest BCUT2D eigenvalue weighted by Gasteiger charge is -2.17. The van der Waals surface area contributed by atoms with Gasteiger partial charge in [0.05, 0.1) is 15.9 Å². The second kappa shape index (κ2) is 7.43. The second-order valence-electron chi connectivity index (χ2n) is 5.26. The smallest absolute Gasteiger partial charge is 0.0738 e. The predicted octanol–water partition coefficient (Wildman–Crippen LogP) is 3.99. The molecule has 0 aliphatic heterocycles. The van der Waals surface area contributed by atoms with Crippen molar-refractivity contribution in [3.8, 4) is 0 Å². The van der Waals surface area contributed by atoms with Crippen molar-refractivity contribution in [2.75, 3.05) is 6.54 Å². The van der Waals surface area contributed by atoms with Crippen molar-refractivity contribution in [2.24, 2.45) is 11.7 Å². The first kappa shape index (κ1) is 16.5. The Bertz CT molecular complexity index is 610. The molecule has 0 aliphatic carbocycles. The van der Waals surface area contributed by atoms with Crippen LogP contribution in [0.5, 0.6) is 0 Å². The first-order chi connectivity index (χ1) is 10.1. The molecule has 0 saturated heterocycles. The quantitative estimate of drug-likeness (QED) is 0.835. The lowest BCUT2D eigenvalue weighted by molar-refractivity contribution is 0.498. The molecule has 0 saturated carbocycles. The molecular weight excluding hydrogens is 350 g/mol. The number of rotatable bonds is 6. The van der Waals surface area contributed by atoms with Crippen LogP contribution in [0.3, 0.4) is 0 Å². The highest BCUT2D eigenvalue weighted by atomic mass is 79.9. The second-order valence-corrected chi connectivity index (χ2v) is 6.46. The summed E-state index contributed by atoms with van der Waals surface area (Å²) in [6.07, 6.45) is 1.79.